The predicted octanol–water partition coefficient (Wildman–Crippen LogP) is 1.59. The molecule has 0 radical (unpaired) electrons. The van der Waals surface area contributed by atoms with Crippen LogP contribution < -0.4 is 0 Å². The van der Waals surface area contributed by atoms with Gasteiger partial charge in [-0.05, 0) is 32.5 Å². The summed E-state index contributed by atoms with van der Waals surface area (Å²) >= 11 is 0. The van der Waals surface area contributed by atoms with Crippen LogP contribution in [-0.4, -0.2) is 34.7 Å². The third-order valence-electron chi connectivity index (χ3n) is 2.37. The van der Waals surface area contributed by atoms with Gasteiger partial charge in [-0.2, -0.15) is 0 Å². The van der Waals surface area contributed by atoms with E-state index in [1.807, 2.05) is 39.1 Å². The highest BCUT2D eigenvalue weighted by Crippen LogP contribution is 2.03. The van der Waals surface area contributed by atoms with E-state index in [1.165, 1.54) is 0 Å². The minimum Gasteiger partial charge on any atom is -0.392 e. The first-order valence-electron chi connectivity index (χ1n) is 5.41. The number of hydrogen-bond donors (Lipinski definition) is 1. The molecule has 1 heterocycles. The van der Waals surface area contributed by atoms with Gasteiger partial charge < -0.3 is 5.11 Å². The number of aryl methyl sites for hydroxylation is 1. The summed E-state index contributed by atoms with van der Waals surface area (Å²) in [4.78, 5) is 6.52. The van der Waals surface area contributed by atoms with Crippen molar-refractivity contribution in [3.63, 3.8) is 0 Å². The highest BCUT2D eigenvalue weighted by molar-refractivity contribution is 5.09. The molecule has 0 amide bonds. The number of likely N-dealkylation sites (N-methyl/N-ethyl adjacent to an activating group) is 1. The fourth-order valence-corrected chi connectivity index (χ4v) is 1.52. The van der Waals surface area contributed by atoms with Crippen LogP contribution in [0.15, 0.2) is 18.2 Å². The Hall–Kier alpha value is -0.930. The van der Waals surface area contributed by atoms with Gasteiger partial charge in [-0.25, -0.2) is 0 Å². The monoisotopic (exact) mass is 208 g/mol. The van der Waals surface area contributed by atoms with Crippen LogP contribution in [0.4, 0.5) is 0 Å². The van der Waals surface area contributed by atoms with E-state index in [2.05, 4.69) is 9.88 Å². The lowest BCUT2D eigenvalue weighted by molar-refractivity contribution is 0.119. The fraction of sp³-hybridized carbons (Fsp3) is 0.583. The van der Waals surface area contributed by atoms with Crippen molar-refractivity contribution in [2.75, 3.05) is 13.6 Å². The molecule has 0 aliphatic heterocycles. The first-order chi connectivity index (χ1) is 7.11. The SMILES string of the molecule is CCC(O)CN(C)Cc1cccc(C)n1. The molecule has 0 aliphatic rings. The molecule has 1 aromatic rings. The van der Waals surface area contributed by atoms with Crippen molar-refractivity contribution in [1.29, 1.82) is 0 Å². The zero-order valence-electron chi connectivity index (χ0n) is 9.77. The Bertz CT molecular complexity index is 301. The normalized spacial score (nSPS) is 13.1. The molecule has 1 unspecified atom stereocenters. The van der Waals surface area contributed by atoms with E-state index in [4.69, 9.17) is 0 Å². The number of nitrogens with zero attached hydrogens (tertiary/aromatic N) is 2. The quantitative estimate of drug-likeness (QED) is 0.798. The van der Waals surface area contributed by atoms with Gasteiger partial charge in [-0.15, -0.1) is 0 Å². The summed E-state index contributed by atoms with van der Waals surface area (Å²) in [7, 11) is 2.00. The van der Waals surface area contributed by atoms with Crippen LogP contribution in [0.3, 0.4) is 0 Å². The molecule has 1 aromatic heterocycles. The third kappa shape index (κ3) is 4.40. The van der Waals surface area contributed by atoms with E-state index < -0.39 is 0 Å². The van der Waals surface area contributed by atoms with Gasteiger partial charge in [0.1, 0.15) is 0 Å². The number of rotatable bonds is 5. The van der Waals surface area contributed by atoms with E-state index >= 15 is 0 Å². The molecule has 1 rings (SSSR count). The van der Waals surface area contributed by atoms with Crippen LogP contribution in [0.25, 0.3) is 0 Å². The first kappa shape index (κ1) is 12.1. The second kappa shape index (κ2) is 5.83. The number of hydrogen-bond acceptors (Lipinski definition) is 3. The number of pyridine rings is 1. The summed E-state index contributed by atoms with van der Waals surface area (Å²) in [6, 6.07) is 6.02. The maximum atomic E-state index is 9.50. The van der Waals surface area contributed by atoms with Crippen molar-refractivity contribution in [3.8, 4) is 0 Å². The topological polar surface area (TPSA) is 36.4 Å². The van der Waals surface area contributed by atoms with E-state index in [0.29, 0.717) is 6.54 Å². The van der Waals surface area contributed by atoms with Crippen molar-refractivity contribution < 1.29 is 5.11 Å². The van der Waals surface area contributed by atoms with Gasteiger partial charge in [0.05, 0.1) is 11.8 Å². The highest BCUT2D eigenvalue weighted by atomic mass is 16.3. The van der Waals surface area contributed by atoms with Gasteiger partial charge in [0.15, 0.2) is 0 Å². The maximum Gasteiger partial charge on any atom is 0.0664 e. The van der Waals surface area contributed by atoms with Crippen molar-refractivity contribution in [2.24, 2.45) is 0 Å². The summed E-state index contributed by atoms with van der Waals surface area (Å²) in [5.74, 6) is 0. The molecule has 0 bridgehead atoms. The molecule has 84 valence electrons. The molecule has 0 saturated carbocycles. The van der Waals surface area contributed by atoms with Crippen LogP contribution in [0.1, 0.15) is 24.7 Å². The standard InChI is InChI=1S/C12H20N2O/c1-4-12(15)9-14(3)8-11-7-5-6-10(2)13-11/h5-7,12,15H,4,8-9H2,1-3H3. The minimum absolute atomic E-state index is 0.236. The van der Waals surface area contributed by atoms with Crippen molar-refractivity contribution in [3.05, 3.63) is 29.6 Å². The van der Waals surface area contributed by atoms with Crippen LogP contribution >= 0.6 is 0 Å². The van der Waals surface area contributed by atoms with Gasteiger partial charge in [-0.1, -0.05) is 13.0 Å². The van der Waals surface area contributed by atoms with E-state index in [9.17, 15) is 5.11 Å². The van der Waals surface area contributed by atoms with Gasteiger partial charge in [0.25, 0.3) is 0 Å². The summed E-state index contributed by atoms with van der Waals surface area (Å²) < 4.78 is 0. The molecule has 3 nitrogen and oxygen atoms in total. The van der Waals surface area contributed by atoms with Gasteiger partial charge in [0, 0.05) is 18.8 Å². The molecule has 0 aromatic carbocycles. The van der Waals surface area contributed by atoms with E-state index in [0.717, 1.165) is 24.4 Å². The van der Waals surface area contributed by atoms with E-state index in [1.54, 1.807) is 0 Å². The molecule has 3 heteroatoms. The molecule has 0 saturated heterocycles. The van der Waals surface area contributed by atoms with E-state index in [-0.39, 0.29) is 6.10 Å². The summed E-state index contributed by atoms with van der Waals surface area (Å²) in [5.41, 5.74) is 2.10. The van der Waals surface area contributed by atoms with Crippen LogP contribution in [0, 0.1) is 6.92 Å². The Morgan fingerprint density at radius 3 is 2.80 bits per heavy atom. The lowest BCUT2D eigenvalue weighted by Crippen LogP contribution is -2.28. The zero-order chi connectivity index (χ0) is 11.3. The lowest BCUT2D eigenvalue weighted by Gasteiger charge is -2.19. The highest BCUT2D eigenvalue weighted by Gasteiger charge is 2.06. The fourth-order valence-electron chi connectivity index (χ4n) is 1.52. The molecule has 1 atom stereocenters. The van der Waals surface area contributed by atoms with Crippen LogP contribution in [0.5, 0.6) is 0 Å². The Morgan fingerprint density at radius 1 is 1.47 bits per heavy atom. The zero-order valence-corrected chi connectivity index (χ0v) is 9.77. The predicted molar refractivity (Wildman–Crippen MR) is 61.6 cm³/mol. The van der Waals surface area contributed by atoms with Gasteiger partial charge in [-0.3, -0.25) is 9.88 Å². The molecule has 15 heavy (non-hydrogen) atoms. The van der Waals surface area contributed by atoms with Crippen LogP contribution in [0.2, 0.25) is 0 Å². The Morgan fingerprint density at radius 2 is 2.20 bits per heavy atom. The second-order valence-corrected chi connectivity index (χ2v) is 4.03. The van der Waals surface area contributed by atoms with Crippen molar-refractivity contribution >= 4 is 0 Å². The molecular weight excluding hydrogens is 188 g/mol. The number of aliphatic hydroxyl groups excluding tert-OH is 1. The third-order valence-corrected chi connectivity index (χ3v) is 2.37. The largest absolute Gasteiger partial charge is 0.392 e. The molecule has 1 N–H and O–H groups in total. The van der Waals surface area contributed by atoms with Crippen molar-refractivity contribution in [1.82, 2.24) is 9.88 Å². The minimum atomic E-state index is -0.236. The Labute approximate surface area is 91.8 Å². The molecule has 0 spiro atoms. The molecule has 0 aliphatic carbocycles. The number of aliphatic hydroxyl groups is 1. The molecular formula is C12H20N2O. The Kier molecular flexibility index (Phi) is 4.72. The van der Waals surface area contributed by atoms with Gasteiger partial charge in [0.2, 0.25) is 0 Å². The van der Waals surface area contributed by atoms with Crippen LogP contribution in [-0.2, 0) is 6.54 Å². The second-order valence-electron chi connectivity index (χ2n) is 4.03. The maximum absolute atomic E-state index is 9.50. The average Bonchev–Trinajstić information content (AvgIpc) is 2.17. The molecule has 0 fully saturated rings. The Balaban J connectivity index is 2.47. The summed E-state index contributed by atoms with van der Waals surface area (Å²) in [6.07, 6.45) is 0.561. The van der Waals surface area contributed by atoms with Gasteiger partial charge >= 0.3 is 0 Å². The smallest absolute Gasteiger partial charge is 0.0664 e. The number of aromatic nitrogens is 1. The average molecular weight is 208 g/mol. The van der Waals surface area contributed by atoms with Crippen molar-refractivity contribution in [2.45, 2.75) is 32.9 Å². The summed E-state index contributed by atoms with van der Waals surface area (Å²) in [5, 5.41) is 9.50. The lowest BCUT2D eigenvalue weighted by atomic mass is 10.2. The summed E-state index contributed by atoms with van der Waals surface area (Å²) in [6.45, 7) is 5.47. The first-order valence-corrected chi connectivity index (χ1v) is 5.41.